The number of para-hydroxylation sites is 1. The van der Waals surface area contributed by atoms with Crippen LogP contribution in [0.15, 0.2) is 30.3 Å². The van der Waals surface area contributed by atoms with Gasteiger partial charge in [0.15, 0.2) is 0 Å². The average Bonchev–Trinajstić information content (AvgIpc) is 2.99. The first kappa shape index (κ1) is 17.5. The van der Waals surface area contributed by atoms with Gasteiger partial charge in [-0.2, -0.15) is 0 Å². The molecule has 0 aliphatic rings. The Morgan fingerprint density at radius 1 is 1.04 bits per heavy atom. The summed E-state index contributed by atoms with van der Waals surface area (Å²) in [5.41, 5.74) is 1.28. The van der Waals surface area contributed by atoms with Gasteiger partial charge in [-0.1, -0.05) is 24.6 Å². The first-order valence-corrected chi connectivity index (χ1v) is 7.90. The number of rotatable bonds is 9. The monoisotopic (exact) mass is 331 g/mol. The summed E-state index contributed by atoms with van der Waals surface area (Å²) in [5.74, 6) is -1.40. The lowest BCUT2D eigenvalue weighted by Crippen LogP contribution is -2.37. The van der Waals surface area contributed by atoms with Crippen LogP contribution in [0, 0.1) is 0 Å². The van der Waals surface area contributed by atoms with Crippen LogP contribution in [0.2, 0.25) is 0 Å². The molecule has 2 aromatic rings. The Hall–Kier alpha value is -2.83. The van der Waals surface area contributed by atoms with E-state index in [1.165, 1.54) is 0 Å². The van der Waals surface area contributed by atoms with E-state index in [9.17, 15) is 14.4 Å². The second-order valence-corrected chi connectivity index (χ2v) is 5.51. The van der Waals surface area contributed by atoms with E-state index in [1.807, 2.05) is 24.3 Å². The molecule has 0 spiro atoms. The van der Waals surface area contributed by atoms with Crippen LogP contribution in [0.1, 0.15) is 36.2 Å². The van der Waals surface area contributed by atoms with Crippen LogP contribution >= 0.6 is 0 Å². The fourth-order valence-electron chi connectivity index (χ4n) is 2.32. The fourth-order valence-corrected chi connectivity index (χ4v) is 2.32. The third kappa shape index (κ3) is 5.42. The predicted molar refractivity (Wildman–Crippen MR) is 89.7 cm³/mol. The predicted octanol–water partition coefficient (Wildman–Crippen LogP) is 1.66. The van der Waals surface area contributed by atoms with Crippen molar-refractivity contribution in [3.05, 3.63) is 36.0 Å². The van der Waals surface area contributed by atoms with E-state index in [2.05, 4.69) is 15.6 Å². The van der Waals surface area contributed by atoms with E-state index in [4.69, 9.17) is 5.11 Å². The molecule has 2 rings (SSSR count). The Labute approximate surface area is 139 Å². The fraction of sp³-hybridized carbons (Fsp3) is 0.353. The number of amides is 2. The van der Waals surface area contributed by atoms with Gasteiger partial charge in [0, 0.05) is 23.9 Å². The largest absolute Gasteiger partial charge is 0.481 e. The van der Waals surface area contributed by atoms with Crippen LogP contribution < -0.4 is 10.6 Å². The van der Waals surface area contributed by atoms with Crippen molar-refractivity contribution < 1.29 is 19.5 Å². The number of aliphatic carboxylic acids is 1. The van der Waals surface area contributed by atoms with E-state index in [0.717, 1.165) is 23.7 Å². The molecule has 24 heavy (non-hydrogen) atoms. The van der Waals surface area contributed by atoms with Crippen molar-refractivity contribution in [2.24, 2.45) is 0 Å². The smallest absolute Gasteiger partial charge is 0.303 e. The van der Waals surface area contributed by atoms with Gasteiger partial charge in [-0.15, -0.1) is 0 Å². The quantitative estimate of drug-likeness (QED) is 0.524. The Balaban J connectivity index is 1.66. The van der Waals surface area contributed by atoms with Crippen molar-refractivity contribution in [1.29, 1.82) is 0 Å². The van der Waals surface area contributed by atoms with Gasteiger partial charge in [-0.3, -0.25) is 14.4 Å². The number of carbonyl (C=O) groups excluding carboxylic acids is 2. The van der Waals surface area contributed by atoms with Gasteiger partial charge in [0.05, 0.1) is 6.54 Å². The molecular weight excluding hydrogens is 310 g/mol. The second-order valence-electron chi connectivity index (χ2n) is 5.51. The van der Waals surface area contributed by atoms with Crippen molar-refractivity contribution in [3.8, 4) is 0 Å². The van der Waals surface area contributed by atoms with Crippen molar-refractivity contribution in [2.45, 2.75) is 25.7 Å². The Kier molecular flexibility index (Phi) is 6.36. The number of carboxylic acid groups (broad SMARTS) is 1. The van der Waals surface area contributed by atoms with Gasteiger partial charge in [0.25, 0.3) is 5.91 Å². The zero-order valence-electron chi connectivity index (χ0n) is 13.3. The molecule has 1 aromatic heterocycles. The number of benzene rings is 1. The van der Waals surface area contributed by atoms with E-state index < -0.39 is 5.97 Å². The molecule has 0 saturated carbocycles. The van der Waals surface area contributed by atoms with Crippen LogP contribution in [-0.2, 0) is 9.59 Å². The lowest BCUT2D eigenvalue weighted by atomic mass is 10.2. The van der Waals surface area contributed by atoms with Crippen LogP contribution in [0.5, 0.6) is 0 Å². The Bertz CT molecular complexity index is 690. The van der Waals surface area contributed by atoms with Crippen LogP contribution in [-0.4, -0.2) is 41.0 Å². The normalized spacial score (nSPS) is 10.5. The van der Waals surface area contributed by atoms with E-state index in [0.29, 0.717) is 18.7 Å². The molecule has 4 N–H and O–H groups in total. The summed E-state index contributed by atoms with van der Waals surface area (Å²) in [6.45, 7) is 0.379. The molecule has 0 fully saturated rings. The number of unbranched alkanes of at least 4 members (excludes halogenated alkanes) is 2. The lowest BCUT2D eigenvalue weighted by Gasteiger charge is -2.06. The zero-order valence-corrected chi connectivity index (χ0v) is 13.3. The van der Waals surface area contributed by atoms with Crippen molar-refractivity contribution in [2.75, 3.05) is 13.1 Å². The number of hydrogen-bond acceptors (Lipinski definition) is 3. The maximum absolute atomic E-state index is 12.0. The molecule has 7 nitrogen and oxygen atoms in total. The first-order valence-electron chi connectivity index (χ1n) is 7.90. The standard InChI is InChI=1S/C17H21N3O4/c21-15(18-9-5-1-2-8-16(22)23)11-19-17(24)14-10-12-6-3-4-7-13(12)20-14/h3-4,6-7,10,20H,1-2,5,8-9,11H2,(H,18,21)(H,19,24)(H,22,23). The zero-order chi connectivity index (χ0) is 17.4. The van der Waals surface area contributed by atoms with E-state index >= 15 is 0 Å². The highest BCUT2D eigenvalue weighted by molar-refractivity contribution is 5.99. The highest BCUT2D eigenvalue weighted by Gasteiger charge is 2.10. The second kappa shape index (κ2) is 8.71. The van der Waals surface area contributed by atoms with Gasteiger partial charge in [0.1, 0.15) is 5.69 Å². The molecule has 0 aliphatic carbocycles. The number of fused-ring (bicyclic) bond motifs is 1. The average molecular weight is 331 g/mol. The summed E-state index contributed by atoms with van der Waals surface area (Å²) >= 11 is 0. The number of carbonyl (C=O) groups is 3. The third-order valence-electron chi connectivity index (χ3n) is 3.57. The molecule has 1 heterocycles. The minimum atomic E-state index is -0.807. The minimum absolute atomic E-state index is 0.0939. The molecule has 7 heteroatoms. The molecule has 0 radical (unpaired) electrons. The maximum atomic E-state index is 12.0. The summed E-state index contributed by atoms with van der Waals surface area (Å²) < 4.78 is 0. The molecule has 0 atom stereocenters. The number of hydrogen-bond donors (Lipinski definition) is 4. The SMILES string of the molecule is O=C(O)CCCCCNC(=O)CNC(=O)c1cc2ccccc2[nH]1. The Morgan fingerprint density at radius 2 is 1.83 bits per heavy atom. The molecule has 1 aromatic carbocycles. The molecular formula is C17H21N3O4. The van der Waals surface area contributed by atoms with Gasteiger partial charge >= 0.3 is 5.97 Å². The van der Waals surface area contributed by atoms with Gasteiger partial charge in [-0.05, 0) is 25.0 Å². The molecule has 0 unspecified atom stereocenters. The molecule has 0 saturated heterocycles. The van der Waals surface area contributed by atoms with Crippen LogP contribution in [0.25, 0.3) is 10.9 Å². The van der Waals surface area contributed by atoms with Gasteiger partial charge in [0.2, 0.25) is 5.91 Å². The molecule has 128 valence electrons. The molecule has 0 aliphatic heterocycles. The first-order chi connectivity index (χ1) is 11.6. The van der Waals surface area contributed by atoms with Crippen molar-refractivity contribution in [3.63, 3.8) is 0 Å². The van der Waals surface area contributed by atoms with E-state index in [-0.39, 0.29) is 24.8 Å². The minimum Gasteiger partial charge on any atom is -0.481 e. The summed E-state index contributed by atoms with van der Waals surface area (Å²) in [7, 11) is 0. The lowest BCUT2D eigenvalue weighted by molar-refractivity contribution is -0.137. The topological polar surface area (TPSA) is 111 Å². The number of H-pyrrole nitrogens is 1. The van der Waals surface area contributed by atoms with Crippen LogP contribution in [0.3, 0.4) is 0 Å². The van der Waals surface area contributed by atoms with Crippen molar-refractivity contribution >= 4 is 28.7 Å². The van der Waals surface area contributed by atoms with E-state index in [1.54, 1.807) is 6.07 Å². The van der Waals surface area contributed by atoms with Gasteiger partial charge < -0.3 is 20.7 Å². The molecule has 2 amide bonds. The summed E-state index contributed by atoms with van der Waals surface area (Å²) in [6, 6.07) is 9.29. The number of nitrogens with one attached hydrogen (secondary N) is 3. The summed E-state index contributed by atoms with van der Waals surface area (Å²) in [4.78, 5) is 37.0. The third-order valence-corrected chi connectivity index (χ3v) is 3.57. The van der Waals surface area contributed by atoms with Crippen LogP contribution in [0.4, 0.5) is 0 Å². The number of aromatic nitrogens is 1. The highest BCUT2D eigenvalue weighted by atomic mass is 16.4. The molecule has 0 bridgehead atoms. The Morgan fingerprint density at radius 3 is 2.58 bits per heavy atom. The number of carboxylic acids is 1. The summed E-state index contributed by atoms with van der Waals surface area (Å²) in [6.07, 6.45) is 2.21. The van der Waals surface area contributed by atoms with Crippen molar-refractivity contribution in [1.82, 2.24) is 15.6 Å². The highest BCUT2D eigenvalue weighted by Crippen LogP contribution is 2.14. The van der Waals surface area contributed by atoms with Gasteiger partial charge in [-0.25, -0.2) is 0 Å². The maximum Gasteiger partial charge on any atom is 0.303 e. The number of aromatic amines is 1. The summed E-state index contributed by atoms with van der Waals surface area (Å²) in [5, 5.41) is 14.7.